The standard InChI is InChI=1S/C19H21FN2O2P2/c1-26(2)16-6-4-3-5-12(16)13-7-8-15(17(20)18(13)25)22-10-9-14(19(22)24)21-11-23/h3-8,11,14H,9-10,25H2,1-2H3,(H,21,23). The fourth-order valence-electron chi connectivity index (χ4n) is 3.27. The van der Waals surface area contributed by atoms with Crippen LogP contribution < -0.4 is 20.8 Å². The zero-order valence-corrected chi connectivity index (χ0v) is 16.7. The third-order valence-electron chi connectivity index (χ3n) is 4.60. The van der Waals surface area contributed by atoms with Crippen molar-refractivity contribution < 1.29 is 14.0 Å². The zero-order valence-electron chi connectivity index (χ0n) is 14.7. The van der Waals surface area contributed by atoms with Gasteiger partial charge in [-0.3, -0.25) is 9.59 Å². The molecule has 1 N–H and O–H groups in total. The Labute approximate surface area is 156 Å². The van der Waals surface area contributed by atoms with Crippen LogP contribution in [0.3, 0.4) is 0 Å². The van der Waals surface area contributed by atoms with E-state index >= 15 is 4.39 Å². The summed E-state index contributed by atoms with van der Waals surface area (Å²) in [4.78, 5) is 24.4. The molecule has 2 amide bonds. The summed E-state index contributed by atoms with van der Waals surface area (Å²) in [6, 6.07) is 11.0. The van der Waals surface area contributed by atoms with E-state index in [9.17, 15) is 9.59 Å². The largest absolute Gasteiger partial charge is 0.347 e. The third kappa shape index (κ3) is 3.39. The quantitative estimate of drug-likeness (QED) is 0.629. The molecule has 0 aromatic heterocycles. The number of amides is 2. The molecule has 2 aromatic rings. The molecular weight excluding hydrogens is 369 g/mol. The number of benzene rings is 2. The summed E-state index contributed by atoms with van der Waals surface area (Å²) in [5, 5.41) is 4.15. The molecule has 1 aliphatic heterocycles. The molecule has 0 aliphatic carbocycles. The third-order valence-corrected chi connectivity index (χ3v) is 6.52. The second kappa shape index (κ2) is 7.82. The molecule has 1 heterocycles. The van der Waals surface area contributed by atoms with Crippen molar-refractivity contribution in [2.24, 2.45) is 0 Å². The van der Waals surface area contributed by atoms with Crippen molar-refractivity contribution in [2.45, 2.75) is 12.5 Å². The van der Waals surface area contributed by atoms with Gasteiger partial charge in [-0.05, 0) is 42.2 Å². The van der Waals surface area contributed by atoms with Crippen molar-refractivity contribution >= 4 is 45.8 Å². The molecule has 26 heavy (non-hydrogen) atoms. The minimum absolute atomic E-state index is 0.256. The van der Waals surface area contributed by atoms with Gasteiger partial charge in [0.05, 0.1) is 5.69 Å². The first-order valence-corrected chi connectivity index (χ1v) is 11.1. The number of carbonyl (C=O) groups excluding carboxylic acids is 2. The predicted octanol–water partition coefficient (Wildman–Crippen LogP) is 2.21. The number of halogens is 1. The summed E-state index contributed by atoms with van der Waals surface area (Å²) in [7, 11) is 2.14. The van der Waals surface area contributed by atoms with Crippen molar-refractivity contribution in [3.63, 3.8) is 0 Å². The van der Waals surface area contributed by atoms with Gasteiger partial charge in [0.15, 0.2) is 5.82 Å². The number of hydrogen-bond donors (Lipinski definition) is 1. The normalized spacial score (nSPS) is 17.0. The van der Waals surface area contributed by atoms with E-state index in [2.05, 4.69) is 34.0 Å². The highest BCUT2D eigenvalue weighted by Gasteiger charge is 2.34. The van der Waals surface area contributed by atoms with Gasteiger partial charge < -0.3 is 10.2 Å². The van der Waals surface area contributed by atoms with Crippen molar-refractivity contribution in [2.75, 3.05) is 24.8 Å². The molecule has 4 nitrogen and oxygen atoms in total. The van der Waals surface area contributed by atoms with Crippen LogP contribution in [0.15, 0.2) is 36.4 Å². The fourth-order valence-corrected chi connectivity index (χ4v) is 4.73. The van der Waals surface area contributed by atoms with E-state index in [0.717, 1.165) is 11.1 Å². The molecule has 1 aliphatic rings. The van der Waals surface area contributed by atoms with E-state index in [1.165, 1.54) is 10.2 Å². The van der Waals surface area contributed by atoms with E-state index in [4.69, 9.17) is 0 Å². The van der Waals surface area contributed by atoms with Crippen LogP contribution in [0.2, 0.25) is 0 Å². The van der Waals surface area contributed by atoms with Crippen molar-refractivity contribution in [3.05, 3.63) is 42.2 Å². The van der Waals surface area contributed by atoms with Crippen molar-refractivity contribution in [3.8, 4) is 11.1 Å². The Kier molecular flexibility index (Phi) is 5.70. The lowest BCUT2D eigenvalue weighted by atomic mass is 10.0. The summed E-state index contributed by atoms with van der Waals surface area (Å²) >= 11 is 0. The lowest BCUT2D eigenvalue weighted by Crippen LogP contribution is -2.38. The molecule has 2 atom stereocenters. The van der Waals surface area contributed by atoms with Gasteiger partial charge in [0.25, 0.3) is 0 Å². The molecule has 0 radical (unpaired) electrons. The van der Waals surface area contributed by atoms with E-state index in [-0.39, 0.29) is 19.5 Å². The highest BCUT2D eigenvalue weighted by molar-refractivity contribution is 7.64. The Morgan fingerprint density at radius 2 is 1.96 bits per heavy atom. The van der Waals surface area contributed by atoms with Crippen molar-refractivity contribution in [1.82, 2.24) is 5.32 Å². The Hall–Kier alpha value is -1.83. The second-order valence-electron chi connectivity index (χ2n) is 6.39. The SMILES string of the molecule is CP(C)c1ccccc1-c1ccc(N2CCC(NC=O)C2=O)c(F)c1P. The molecule has 0 saturated carbocycles. The molecule has 2 aromatic carbocycles. The van der Waals surface area contributed by atoms with Crippen LogP contribution in [0.5, 0.6) is 0 Å². The molecular formula is C19H21FN2O2P2. The Morgan fingerprint density at radius 3 is 2.65 bits per heavy atom. The second-order valence-corrected chi connectivity index (χ2v) is 9.24. The molecule has 1 saturated heterocycles. The molecule has 1 fully saturated rings. The number of rotatable bonds is 5. The molecule has 136 valence electrons. The molecule has 3 rings (SSSR count). The van der Waals surface area contributed by atoms with Gasteiger partial charge >= 0.3 is 0 Å². The van der Waals surface area contributed by atoms with Crippen LogP contribution in [0, 0.1) is 5.82 Å². The topological polar surface area (TPSA) is 49.4 Å². The number of hydrogen-bond acceptors (Lipinski definition) is 2. The van der Waals surface area contributed by atoms with Gasteiger partial charge in [0, 0.05) is 11.8 Å². The number of nitrogens with one attached hydrogen (secondary N) is 1. The van der Waals surface area contributed by atoms with Crippen LogP contribution in [-0.4, -0.2) is 38.2 Å². The Balaban J connectivity index is 2.01. The summed E-state index contributed by atoms with van der Waals surface area (Å²) in [5.41, 5.74) is 2.09. The minimum atomic E-state index is -0.580. The van der Waals surface area contributed by atoms with Crippen LogP contribution in [0.1, 0.15) is 6.42 Å². The Morgan fingerprint density at radius 1 is 1.23 bits per heavy atom. The number of anilines is 1. The maximum absolute atomic E-state index is 15.1. The van der Waals surface area contributed by atoms with E-state index in [1.54, 1.807) is 6.07 Å². The maximum Gasteiger partial charge on any atom is 0.249 e. The van der Waals surface area contributed by atoms with Crippen LogP contribution in [-0.2, 0) is 9.59 Å². The highest BCUT2D eigenvalue weighted by atomic mass is 31.1. The monoisotopic (exact) mass is 390 g/mol. The number of carbonyl (C=O) groups is 2. The zero-order chi connectivity index (χ0) is 18.8. The molecule has 0 spiro atoms. The Bertz CT molecular complexity index is 857. The fraction of sp³-hybridized carbons (Fsp3) is 0.263. The number of nitrogens with zero attached hydrogens (tertiary/aromatic N) is 1. The van der Waals surface area contributed by atoms with Gasteiger partial charge in [-0.15, -0.1) is 9.24 Å². The average Bonchev–Trinajstić information content (AvgIpc) is 2.98. The van der Waals surface area contributed by atoms with Gasteiger partial charge in [-0.25, -0.2) is 4.39 Å². The summed E-state index contributed by atoms with van der Waals surface area (Å²) in [5.74, 6) is -0.696. The van der Waals surface area contributed by atoms with Crippen LogP contribution in [0.25, 0.3) is 11.1 Å². The summed E-state index contributed by atoms with van der Waals surface area (Å²) < 4.78 is 15.1. The predicted molar refractivity (Wildman–Crippen MR) is 110 cm³/mol. The lowest BCUT2D eigenvalue weighted by Gasteiger charge is -2.21. The van der Waals surface area contributed by atoms with E-state index < -0.39 is 11.9 Å². The maximum atomic E-state index is 15.1. The lowest BCUT2D eigenvalue weighted by molar-refractivity contribution is -0.121. The summed E-state index contributed by atoms with van der Waals surface area (Å²) in [6.07, 6.45) is 0.987. The first-order valence-electron chi connectivity index (χ1n) is 8.31. The molecule has 2 unspecified atom stereocenters. The van der Waals surface area contributed by atoms with Gasteiger partial charge in [0.2, 0.25) is 12.3 Å². The van der Waals surface area contributed by atoms with E-state index in [0.29, 0.717) is 24.7 Å². The van der Waals surface area contributed by atoms with Crippen LogP contribution >= 0.6 is 17.2 Å². The highest BCUT2D eigenvalue weighted by Crippen LogP contribution is 2.33. The van der Waals surface area contributed by atoms with Gasteiger partial charge in [0.1, 0.15) is 6.04 Å². The summed E-state index contributed by atoms with van der Waals surface area (Å²) in [6.45, 7) is 4.73. The van der Waals surface area contributed by atoms with Gasteiger partial charge in [-0.1, -0.05) is 38.3 Å². The van der Waals surface area contributed by atoms with E-state index in [1.807, 2.05) is 24.3 Å². The van der Waals surface area contributed by atoms with Crippen LogP contribution in [0.4, 0.5) is 10.1 Å². The van der Waals surface area contributed by atoms with Gasteiger partial charge in [-0.2, -0.15) is 0 Å². The first-order chi connectivity index (χ1) is 12.5. The molecule has 7 heteroatoms. The smallest absolute Gasteiger partial charge is 0.249 e. The average molecular weight is 390 g/mol. The minimum Gasteiger partial charge on any atom is -0.347 e. The van der Waals surface area contributed by atoms with Crippen molar-refractivity contribution in [1.29, 1.82) is 0 Å². The first kappa shape index (κ1) is 18.9. The molecule has 0 bridgehead atoms.